The molecule has 30 heavy (non-hydrogen) atoms. The highest BCUT2D eigenvalue weighted by Gasteiger charge is 2.15. The molecule has 0 N–H and O–H groups in total. The standard InChI is InChI=1S/C25H30O5/c1-16(2)22-12-7-17(3)13-20(22)9-11-21(27)10-8-19-14-23(28-5)25(30-18(4)26)24(15-19)29-6/h7-8,10,12-16H,9,11H2,1-6H3/b10-8+. The second kappa shape index (κ2) is 10.6. The third-order valence-electron chi connectivity index (χ3n) is 4.75. The zero-order valence-electron chi connectivity index (χ0n) is 18.6. The second-order valence-corrected chi connectivity index (χ2v) is 7.50. The maximum atomic E-state index is 12.5. The molecule has 0 saturated carbocycles. The summed E-state index contributed by atoms with van der Waals surface area (Å²) >= 11 is 0. The van der Waals surface area contributed by atoms with Gasteiger partial charge in [-0.15, -0.1) is 0 Å². The van der Waals surface area contributed by atoms with Gasteiger partial charge in [-0.2, -0.15) is 0 Å². The molecule has 0 aliphatic rings. The van der Waals surface area contributed by atoms with Crippen LogP contribution in [0.25, 0.3) is 6.08 Å². The number of benzene rings is 2. The molecule has 160 valence electrons. The Balaban J connectivity index is 2.15. The van der Waals surface area contributed by atoms with Crippen LogP contribution in [0, 0.1) is 6.92 Å². The Morgan fingerprint density at radius 2 is 1.67 bits per heavy atom. The summed E-state index contributed by atoms with van der Waals surface area (Å²) in [6.45, 7) is 7.70. The average Bonchev–Trinajstić information content (AvgIpc) is 2.70. The Kier molecular flexibility index (Phi) is 8.22. The fraction of sp³-hybridized carbons (Fsp3) is 0.360. The lowest BCUT2D eigenvalue weighted by atomic mass is 9.92. The van der Waals surface area contributed by atoms with E-state index in [2.05, 4.69) is 39.0 Å². The van der Waals surface area contributed by atoms with Crippen LogP contribution in [0.2, 0.25) is 0 Å². The van der Waals surface area contributed by atoms with Crippen molar-refractivity contribution in [2.75, 3.05) is 14.2 Å². The highest BCUT2D eigenvalue weighted by atomic mass is 16.6. The molecule has 0 saturated heterocycles. The number of aryl methyl sites for hydroxylation is 2. The number of carbonyl (C=O) groups is 2. The van der Waals surface area contributed by atoms with E-state index in [0.29, 0.717) is 35.8 Å². The largest absolute Gasteiger partial charge is 0.493 e. The van der Waals surface area contributed by atoms with E-state index in [1.165, 1.54) is 37.8 Å². The first kappa shape index (κ1) is 23.2. The quantitative estimate of drug-likeness (QED) is 0.320. The number of methoxy groups -OCH3 is 2. The third-order valence-corrected chi connectivity index (χ3v) is 4.75. The van der Waals surface area contributed by atoms with Gasteiger partial charge in [-0.1, -0.05) is 43.7 Å². The number of ketones is 1. The Labute approximate surface area is 178 Å². The number of ether oxygens (including phenoxy) is 3. The van der Waals surface area contributed by atoms with E-state index in [9.17, 15) is 9.59 Å². The normalized spacial score (nSPS) is 11.0. The number of esters is 1. The minimum Gasteiger partial charge on any atom is -0.493 e. The van der Waals surface area contributed by atoms with E-state index in [0.717, 1.165) is 0 Å². The lowest BCUT2D eigenvalue weighted by Gasteiger charge is -2.13. The van der Waals surface area contributed by atoms with Gasteiger partial charge in [-0.05, 0) is 54.2 Å². The van der Waals surface area contributed by atoms with Gasteiger partial charge in [0.15, 0.2) is 17.3 Å². The van der Waals surface area contributed by atoms with Crippen molar-refractivity contribution >= 4 is 17.8 Å². The van der Waals surface area contributed by atoms with Crippen LogP contribution in [0.1, 0.15) is 55.4 Å². The fourth-order valence-corrected chi connectivity index (χ4v) is 3.29. The molecule has 0 atom stereocenters. The van der Waals surface area contributed by atoms with E-state index >= 15 is 0 Å². The molecular formula is C25H30O5. The van der Waals surface area contributed by atoms with E-state index in [4.69, 9.17) is 14.2 Å². The molecule has 0 aromatic heterocycles. The smallest absolute Gasteiger partial charge is 0.308 e. The van der Waals surface area contributed by atoms with Gasteiger partial charge in [0.25, 0.3) is 0 Å². The van der Waals surface area contributed by atoms with Crippen LogP contribution in [0.4, 0.5) is 0 Å². The summed E-state index contributed by atoms with van der Waals surface area (Å²) in [4.78, 5) is 23.8. The number of allylic oxidation sites excluding steroid dienone is 1. The van der Waals surface area contributed by atoms with Gasteiger partial charge in [-0.25, -0.2) is 0 Å². The first-order chi connectivity index (χ1) is 14.2. The molecule has 0 aliphatic carbocycles. The molecule has 5 heteroatoms. The molecule has 2 aromatic carbocycles. The van der Waals surface area contributed by atoms with Crippen molar-refractivity contribution < 1.29 is 23.8 Å². The molecule has 0 amide bonds. The molecule has 0 bridgehead atoms. The van der Waals surface area contributed by atoms with E-state index < -0.39 is 5.97 Å². The van der Waals surface area contributed by atoms with Crippen molar-refractivity contribution in [3.05, 3.63) is 58.7 Å². The number of hydrogen-bond donors (Lipinski definition) is 0. The summed E-state index contributed by atoms with van der Waals surface area (Å²) in [5, 5.41) is 0. The highest BCUT2D eigenvalue weighted by molar-refractivity contribution is 5.94. The monoisotopic (exact) mass is 410 g/mol. The van der Waals surface area contributed by atoms with Crippen molar-refractivity contribution in [3.8, 4) is 17.2 Å². The topological polar surface area (TPSA) is 61.8 Å². The van der Waals surface area contributed by atoms with Gasteiger partial charge in [0.2, 0.25) is 5.75 Å². The summed E-state index contributed by atoms with van der Waals surface area (Å²) in [7, 11) is 2.96. The maximum absolute atomic E-state index is 12.5. The number of rotatable bonds is 9. The van der Waals surface area contributed by atoms with Crippen LogP contribution in [0.15, 0.2) is 36.4 Å². The van der Waals surface area contributed by atoms with Gasteiger partial charge in [0.05, 0.1) is 14.2 Å². The molecular weight excluding hydrogens is 380 g/mol. The summed E-state index contributed by atoms with van der Waals surface area (Å²) in [6.07, 6.45) is 4.41. The van der Waals surface area contributed by atoms with Crippen LogP contribution < -0.4 is 14.2 Å². The first-order valence-corrected chi connectivity index (χ1v) is 10.00. The van der Waals surface area contributed by atoms with Crippen molar-refractivity contribution in [2.24, 2.45) is 0 Å². The van der Waals surface area contributed by atoms with E-state index in [1.54, 1.807) is 24.3 Å². The Hall–Kier alpha value is -3.08. The van der Waals surface area contributed by atoms with Crippen LogP contribution in [0.3, 0.4) is 0 Å². The molecule has 5 nitrogen and oxygen atoms in total. The number of hydrogen-bond acceptors (Lipinski definition) is 5. The average molecular weight is 411 g/mol. The van der Waals surface area contributed by atoms with Gasteiger partial charge in [-0.3, -0.25) is 9.59 Å². The summed E-state index contributed by atoms with van der Waals surface area (Å²) in [6, 6.07) is 9.82. The Bertz CT molecular complexity index is 916. The van der Waals surface area contributed by atoms with Crippen LogP contribution in [0.5, 0.6) is 17.2 Å². The zero-order valence-corrected chi connectivity index (χ0v) is 18.6. The Morgan fingerprint density at radius 3 is 2.20 bits per heavy atom. The summed E-state index contributed by atoms with van der Waals surface area (Å²) < 4.78 is 15.8. The summed E-state index contributed by atoms with van der Waals surface area (Å²) in [5.74, 6) is 0.921. The molecule has 0 heterocycles. The SMILES string of the molecule is COc1cc(/C=C/C(=O)CCc2cc(C)ccc2C(C)C)cc(OC)c1OC(C)=O. The lowest BCUT2D eigenvalue weighted by molar-refractivity contribution is -0.132. The van der Waals surface area contributed by atoms with Gasteiger partial charge in [0, 0.05) is 13.3 Å². The number of carbonyl (C=O) groups excluding carboxylic acids is 2. The van der Waals surface area contributed by atoms with E-state index in [1.807, 2.05) is 0 Å². The van der Waals surface area contributed by atoms with Gasteiger partial charge in [0.1, 0.15) is 0 Å². The molecule has 2 rings (SSSR count). The molecule has 0 aliphatic heterocycles. The van der Waals surface area contributed by atoms with Crippen molar-refractivity contribution in [1.29, 1.82) is 0 Å². The van der Waals surface area contributed by atoms with Crippen molar-refractivity contribution in [1.82, 2.24) is 0 Å². The second-order valence-electron chi connectivity index (χ2n) is 7.50. The van der Waals surface area contributed by atoms with Crippen molar-refractivity contribution in [2.45, 2.75) is 46.5 Å². The van der Waals surface area contributed by atoms with Crippen LogP contribution >= 0.6 is 0 Å². The minimum atomic E-state index is -0.470. The van der Waals surface area contributed by atoms with Gasteiger partial charge >= 0.3 is 5.97 Å². The van der Waals surface area contributed by atoms with Gasteiger partial charge < -0.3 is 14.2 Å². The predicted molar refractivity (Wildman–Crippen MR) is 118 cm³/mol. The maximum Gasteiger partial charge on any atom is 0.308 e. The zero-order chi connectivity index (χ0) is 22.3. The lowest BCUT2D eigenvalue weighted by Crippen LogP contribution is -2.05. The highest BCUT2D eigenvalue weighted by Crippen LogP contribution is 2.39. The van der Waals surface area contributed by atoms with Crippen LogP contribution in [-0.2, 0) is 16.0 Å². The first-order valence-electron chi connectivity index (χ1n) is 10.00. The molecule has 0 radical (unpaired) electrons. The fourth-order valence-electron chi connectivity index (χ4n) is 3.29. The molecule has 0 unspecified atom stereocenters. The predicted octanol–water partition coefficient (Wildman–Crippen LogP) is 5.28. The molecule has 2 aromatic rings. The minimum absolute atomic E-state index is 0.0354. The Morgan fingerprint density at radius 1 is 1.03 bits per heavy atom. The van der Waals surface area contributed by atoms with E-state index in [-0.39, 0.29) is 11.5 Å². The molecule has 0 spiro atoms. The molecule has 0 fully saturated rings. The van der Waals surface area contributed by atoms with Crippen molar-refractivity contribution in [3.63, 3.8) is 0 Å². The third kappa shape index (κ3) is 6.21. The summed E-state index contributed by atoms with van der Waals surface area (Å²) in [5.41, 5.74) is 4.42. The van der Waals surface area contributed by atoms with Crippen LogP contribution in [-0.4, -0.2) is 26.0 Å².